The van der Waals surface area contributed by atoms with E-state index >= 15 is 0 Å². The summed E-state index contributed by atoms with van der Waals surface area (Å²) in [4.78, 5) is 29.9. The first kappa shape index (κ1) is 21.1. The third kappa shape index (κ3) is 6.22. The molecule has 0 bridgehead atoms. The maximum atomic E-state index is 12.4. The van der Waals surface area contributed by atoms with Gasteiger partial charge in [0.25, 0.3) is 0 Å². The predicted octanol–water partition coefficient (Wildman–Crippen LogP) is 3.54. The Labute approximate surface area is 165 Å². The van der Waals surface area contributed by atoms with Crippen LogP contribution in [0.25, 0.3) is 0 Å². The Bertz CT molecular complexity index is 810. The molecular formula is C22H24N2O4. The zero-order valence-electron chi connectivity index (χ0n) is 16.2. The van der Waals surface area contributed by atoms with Crippen LogP contribution in [0.4, 0.5) is 0 Å². The van der Waals surface area contributed by atoms with Crippen LogP contribution in [0.1, 0.15) is 36.7 Å². The second kappa shape index (κ2) is 9.67. The summed E-state index contributed by atoms with van der Waals surface area (Å²) in [6, 6.07) is 18.9. The van der Waals surface area contributed by atoms with Crippen molar-refractivity contribution in [2.75, 3.05) is 0 Å². The van der Waals surface area contributed by atoms with E-state index < -0.39 is 23.7 Å². The molecular weight excluding hydrogens is 356 g/mol. The highest BCUT2D eigenvalue weighted by Gasteiger charge is 2.34. The Balaban J connectivity index is 2.30. The maximum absolute atomic E-state index is 12.4. The number of nitrogens with zero attached hydrogens (tertiary/aromatic N) is 2. The van der Waals surface area contributed by atoms with Crippen molar-refractivity contribution in [1.82, 2.24) is 5.06 Å². The van der Waals surface area contributed by atoms with Crippen LogP contribution in [-0.2, 0) is 20.8 Å². The molecule has 2 aromatic carbocycles. The predicted molar refractivity (Wildman–Crippen MR) is 104 cm³/mol. The van der Waals surface area contributed by atoms with Gasteiger partial charge in [0.1, 0.15) is 12.1 Å². The number of ether oxygens (including phenoxy) is 1. The monoisotopic (exact) mass is 380 g/mol. The van der Waals surface area contributed by atoms with Crippen molar-refractivity contribution >= 4 is 12.4 Å². The van der Waals surface area contributed by atoms with E-state index in [0.29, 0.717) is 12.0 Å². The number of hydrogen-bond acceptors (Lipinski definition) is 5. The lowest BCUT2D eigenvalue weighted by Crippen LogP contribution is -2.48. The fraction of sp³-hybridized carbons (Fsp3) is 0.318. The van der Waals surface area contributed by atoms with Crippen molar-refractivity contribution in [2.24, 2.45) is 0 Å². The van der Waals surface area contributed by atoms with Crippen LogP contribution in [-0.4, -0.2) is 35.2 Å². The van der Waals surface area contributed by atoms with Gasteiger partial charge in [0.05, 0.1) is 11.2 Å². The third-order valence-electron chi connectivity index (χ3n) is 3.82. The molecule has 0 radical (unpaired) electrons. The van der Waals surface area contributed by atoms with Crippen LogP contribution in [0, 0.1) is 11.3 Å². The van der Waals surface area contributed by atoms with Crippen molar-refractivity contribution in [1.29, 1.82) is 5.26 Å². The van der Waals surface area contributed by atoms with Gasteiger partial charge in [-0.3, -0.25) is 9.63 Å². The first-order valence-electron chi connectivity index (χ1n) is 8.96. The van der Waals surface area contributed by atoms with E-state index in [-0.39, 0.29) is 6.42 Å². The van der Waals surface area contributed by atoms with Crippen molar-refractivity contribution in [3.63, 3.8) is 0 Å². The fourth-order valence-corrected chi connectivity index (χ4v) is 2.62. The smallest absolute Gasteiger partial charge is 0.339 e. The van der Waals surface area contributed by atoms with Crippen molar-refractivity contribution in [3.8, 4) is 6.07 Å². The molecule has 0 heterocycles. The zero-order valence-corrected chi connectivity index (χ0v) is 16.2. The molecule has 2 atom stereocenters. The summed E-state index contributed by atoms with van der Waals surface area (Å²) in [5.41, 5.74) is 0.544. The van der Waals surface area contributed by atoms with E-state index in [9.17, 15) is 14.9 Å². The van der Waals surface area contributed by atoms with Crippen molar-refractivity contribution in [3.05, 3.63) is 71.8 Å². The van der Waals surface area contributed by atoms with E-state index in [1.54, 1.807) is 51.1 Å². The summed E-state index contributed by atoms with van der Waals surface area (Å²) in [7, 11) is 0. The lowest BCUT2D eigenvalue weighted by Gasteiger charge is -2.34. The minimum absolute atomic E-state index is 0.288. The molecule has 0 aliphatic carbocycles. The Kier molecular flexibility index (Phi) is 7.30. The number of amides is 1. The van der Waals surface area contributed by atoms with Crippen LogP contribution in [0.2, 0.25) is 0 Å². The summed E-state index contributed by atoms with van der Waals surface area (Å²) >= 11 is 0. The summed E-state index contributed by atoms with van der Waals surface area (Å²) < 4.78 is 5.44. The molecule has 0 saturated carbocycles. The molecule has 0 saturated heterocycles. The molecule has 0 aliphatic heterocycles. The number of esters is 1. The Morgan fingerprint density at radius 1 is 1.11 bits per heavy atom. The molecule has 2 rings (SSSR count). The molecule has 146 valence electrons. The van der Waals surface area contributed by atoms with Gasteiger partial charge in [-0.15, -0.1) is 0 Å². The van der Waals surface area contributed by atoms with E-state index in [0.717, 1.165) is 10.6 Å². The molecule has 0 unspecified atom stereocenters. The summed E-state index contributed by atoms with van der Waals surface area (Å²) in [5.74, 6) is -0.633. The van der Waals surface area contributed by atoms with E-state index in [2.05, 4.69) is 0 Å². The molecule has 28 heavy (non-hydrogen) atoms. The number of hydroxylamine groups is 2. The number of benzene rings is 2. The van der Waals surface area contributed by atoms with Gasteiger partial charge >= 0.3 is 5.97 Å². The van der Waals surface area contributed by atoms with Crippen molar-refractivity contribution in [2.45, 2.75) is 44.9 Å². The van der Waals surface area contributed by atoms with Gasteiger partial charge < -0.3 is 4.74 Å². The van der Waals surface area contributed by atoms with Gasteiger partial charge in [0.2, 0.25) is 12.5 Å². The molecule has 0 spiro atoms. The molecule has 0 aliphatic rings. The Hall–Kier alpha value is -3.17. The van der Waals surface area contributed by atoms with Crippen LogP contribution in [0.15, 0.2) is 60.7 Å². The zero-order chi connectivity index (χ0) is 20.6. The quantitative estimate of drug-likeness (QED) is 0.398. The molecule has 0 aromatic heterocycles. The summed E-state index contributed by atoms with van der Waals surface area (Å²) in [6.45, 7) is 5.38. The van der Waals surface area contributed by atoms with Crippen LogP contribution < -0.4 is 0 Å². The molecule has 0 N–H and O–H groups in total. The standard InChI is InChI=1S/C22H24N2O4/c1-22(2,3)28-24(16-25)19(14-17-10-6-4-7-11-17)20(15-23)27-21(26)18-12-8-5-9-13-18/h4-13,16,19-20H,14H2,1-3H3/t19-,20+/m0/s1. The van der Waals surface area contributed by atoms with Crippen molar-refractivity contribution < 1.29 is 19.2 Å². The van der Waals surface area contributed by atoms with Crippen LogP contribution in [0.5, 0.6) is 0 Å². The maximum Gasteiger partial charge on any atom is 0.339 e. The number of hydrogen-bond donors (Lipinski definition) is 0. The summed E-state index contributed by atoms with van der Waals surface area (Å²) in [6.07, 6.45) is -0.407. The van der Waals surface area contributed by atoms with Gasteiger partial charge in [-0.2, -0.15) is 5.26 Å². The lowest BCUT2D eigenvalue weighted by molar-refractivity contribution is -0.239. The second-order valence-corrected chi connectivity index (χ2v) is 7.25. The summed E-state index contributed by atoms with van der Waals surface area (Å²) in [5, 5.41) is 10.8. The van der Waals surface area contributed by atoms with Gasteiger partial charge in [-0.25, -0.2) is 9.86 Å². The number of carbonyl (C=O) groups excluding carboxylic acids is 2. The van der Waals surface area contributed by atoms with E-state index in [1.807, 2.05) is 36.4 Å². The highest BCUT2D eigenvalue weighted by molar-refractivity contribution is 5.89. The van der Waals surface area contributed by atoms with Gasteiger partial charge in [0, 0.05) is 6.42 Å². The average Bonchev–Trinajstić information content (AvgIpc) is 2.69. The van der Waals surface area contributed by atoms with Crippen LogP contribution in [0.3, 0.4) is 0 Å². The van der Waals surface area contributed by atoms with Crippen LogP contribution >= 0.6 is 0 Å². The molecule has 1 amide bonds. The Morgan fingerprint density at radius 2 is 1.68 bits per heavy atom. The fourth-order valence-electron chi connectivity index (χ4n) is 2.62. The second-order valence-electron chi connectivity index (χ2n) is 7.25. The normalized spacial score (nSPS) is 13.1. The average molecular weight is 380 g/mol. The molecule has 2 aromatic rings. The first-order valence-corrected chi connectivity index (χ1v) is 8.96. The Morgan fingerprint density at radius 3 is 2.18 bits per heavy atom. The van der Waals surface area contributed by atoms with E-state index in [4.69, 9.17) is 9.57 Å². The molecule has 0 fully saturated rings. The highest BCUT2D eigenvalue weighted by atomic mass is 16.7. The topological polar surface area (TPSA) is 79.6 Å². The van der Waals surface area contributed by atoms with Gasteiger partial charge in [-0.05, 0) is 38.5 Å². The van der Waals surface area contributed by atoms with Gasteiger partial charge in [-0.1, -0.05) is 48.5 Å². The number of rotatable bonds is 8. The molecule has 6 heteroatoms. The molecule has 6 nitrogen and oxygen atoms in total. The van der Waals surface area contributed by atoms with E-state index in [1.165, 1.54) is 0 Å². The largest absolute Gasteiger partial charge is 0.441 e. The number of carbonyl (C=O) groups is 2. The minimum Gasteiger partial charge on any atom is -0.441 e. The third-order valence-corrected chi connectivity index (χ3v) is 3.82. The SMILES string of the molecule is CC(C)(C)ON(C=O)[C@@H](Cc1ccccc1)[C@@H](C#N)OC(=O)c1ccccc1. The van der Waals surface area contributed by atoms with Gasteiger partial charge in [0.15, 0.2) is 0 Å². The number of nitriles is 1. The highest BCUT2D eigenvalue weighted by Crippen LogP contribution is 2.20. The minimum atomic E-state index is -1.21. The lowest BCUT2D eigenvalue weighted by atomic mass is 10.0. The first-order chi connectivity index (χ1) is 13.3.